The van der Waals surface area contributed by atoms with Crippen molar-refractivity contribution in [3.05, 3.63) is 23.3 Å². The number of aryl methyl sites for hydroxylation is 1. The fourth-order valence-electron chi connectivity index (χ4n) is 1.73. The van der Waals surface area contributed by atoms with Crippen LogP contribution in [0.5, 0.6) is 5.75 Å². The quantitative estimate of drug-likeness (QED) is 0.629. The number of nitrogens with two attached hydrogens (primary N) is 1. The largest absolute Gasteiger partial charge is 0.485 e. The van der Waals surface area contributed by atoms with Gasteiger partial charge in [0.15, 0.2) is 0 Å². The van der Waals surface area contributed by atoms with Crippen molar-refractivity contribution in [2.24, 2.45) is 0 Å². The van der Waals surface area contributed by atoms with E-state index in [0.29, 0.717) is 5.69 Å². The summed E-state index contributed by atoms with van der Waals surface area (Å²) in [4.78, 5) is 0. The summed E-state index contributed by atoms with van der Waals surface area (Å²) in [5.74, 6) is 0.754. The molecule has 1 aromatic carbocycles. The molecule has 0 spiro atoms. The molecule has 1 aromatic rings. The molecule has 0 saturated heterocycles. The first kappa shape index (κ1) is 8.38. The molecule has 0 aromatic heterocycles. The molecule has 0 unspecified atom stereocenters. The molecule has 1 heterocycles. The third-order valence-electron chi connectivity index (χ3n) is 2.27. The maximum Gasteiger partial charge on any atom is 0.146 e. The van der Waals surface area contributed by atoms with Gasteiger partial charge in [0.2, 0.25) is 0 Å². The van der Waals surface area contributed by atoms with Crippen molar-refractivity contribution in [1.29, 1.82) is 0 Å². The molecular formula is C10H13NO2. The van der Waals surface area contributed by atoms with E-state index in [2.05, 4.69) is 6.07 Å². The fourth-order valence-corrected chi connectivity index (χ4v) is 1.73. The van der Waals surface area contributed by atoms with Crippen LogP contribution in [0.1, 0.15) is 11.1 Å². The standard InChI is InChI=1S/C10H13NO2/c1-6-2-7-4-8(5-12)13-10(7)9(11)3-6/h2-3,8,12H,4-5,11H2,1H3/t8-/m0/s1. The van der Waals surface area contributed by atoms with Gasteiger partial charge >= 0.3 is 0 Å². The van der Waals surface area contributed by atoms with Gasteiger partial charge in [0.05, 0.1) is 12.3 Å². The van der Waals surface area contributed by atoms with E-state index >= 15 is 0 Å². The van der Waals surface area contributed by atoms with Crippen molar-refractivity contribution < 1.29 is 9.84 Å². The lowest BCUT2D eigenvalue weighted by atomic mass is 10.1. The van der Waals surface area contributed by atoms with E-state index in [4.69, 9.17) is 15.6 Å². The molecule has 1 aliphatic rings. The highest BCUT2D eigenvalue weighted by atomic mass is 16.5. The molecule has 0 fully saturated rings. The Bertz CT molecular complexity index is 336. The number of fused-ring (bicyclic) bond motifs is 1. The van der Waals surface area contributed by atoms with Gasteiger partial charge in [-0.3, -0.25) is 0 Å². The number of rotatable bonds is 1. The summed E-state index contributed by atoms with van der Waals surface area (Å²) in [5.41, 5.74) is 8.70. The van der Waals surface area contributed by atoms with Crippen LogP contribution in [0.4, 0.5) is 5.69 Å². The van der Waals surface area contributed by atoms with Crippen LogP contribution >= 0.6 is 0 Å². The average molecular weight is 179 g/mol. The van der Waals surface area contributed by atoms with Gasteiger partial charge < -0.3 is 15.6 Å². The third kappa shape index (κ3) is 1.35. The predicted molar refractivity (Wildman–Crippen MR) is 50.8 cm³/mol. The molecule has 2 rings (SSSR count). The Labute approximate surface area is 77.1 Å². The highest BCUT2D eigenvalue weighted by Crippen LogP contribution is 2.35. The van der Waals surface area contributed by atoms with E-state index in [0.717, 1.165) is 23.3 Å². The Morgan fingerprint density at radius 1 is 1.62 bits per heavy atom. The minimum absolute atomic E-state index is 0.0488. The number of ether oxygens (including phenoxy) is 1. The maximum absolute atomic E-state index is 8.93. The molecule has 3 N–H and O–H groups in total. The summed E-state index contributed by atoms with van der Waals surface area (Å²) in [6, 6.07) is 3.94. The molecule has 3 heteroatoms. The predicted octanol–water partition coefficient (Wildman–Crippen LogP) is 0.873. The summed E-state index contributed by atoms with van der Waals surface area (Å²) >= 11 is 0. The SMILES string of the molecule is Cc1cc(N)c2c(c1)C[C@@H](CO)O2. The molecular weight excluding hydrogens is 166 g/mol. The number of nitrogen functional groups attached to an aromatic ring is 1. The summed E-state index contributed by atoms with van der Waals surface area (Å²) < 4.78 is 5.47. The Morgan fingerprint density at radius 3 is 3.08 bits per heavy atom. The van der Waals surface area contributed by atoms with Gasteiger partial charge in [0.1, 0.15) is 11.9 Å². The minimum atomic E-state index is -0.112. The van der Waals surface area contributed by atoms with Crippen molar-refractivity contribution in [1.82, 2.24) is 0 Å². The van der Waals surface area contributed by atoms with Gasteiger partial charge in [-0.15, -0.1) is 0 Å². The van der Waals surface area contributed by atoms with E-state index in [1.807, 2.05) is 13.0 Å². The topological polar surface area (TPSA) is 55.5 Å². The van der Waals surface area contributed by atoms with Crippen LogP contribution in [-0.2, 0) is 6.42 Å². The molecule has 70 valence electrons. The Hall–Kier alpha value is -1.22. The zero-order chi connectivity index (χ0) is 9.42. The zero-order valence-corrected chi connectivity index (χ0v) is 7.58. The first-order valence-corrected chi connectivity index (χ1v) is 4.37. The number of hydrogen-bond acceptors (Lipinski definition) is 3. The lowest BCUT2D eigenvalue weighted by molar-refractivity contribution is 0.135. The lowest BCUT2D eigenvalue weighted by Gasteiger charge is -2.07. The monoisotopic (exact) mass is 179 g/mol. The van der Waals surface area contributed by atoms with E-state index in [1.165, 1.54) is 0 Å². The second-order valence-electron chi connectivity index (χ2n) is 3.47. The van der Waals surface area contributed by atoms with Gasteiger partial charge in [-0.25, -0.2) is 0 Å². The molecule has 1 atom stereocenters. The van der Waals surface area contributed by atoms with Crippen LogP contribution < -0.4 is 10.5 Å². The Kier molecular flexibility index (Phi) is 1.88. The zero-order valence-electron chi connectivity index (χ0n) is 7.58. The number of hydrogen-bond donors (Lipinski definition) is 2. The van der Waals surface area contributed by atoms with Crippen molar-refractivity contribution in [2.45, 2.75) is 19.4 Å². The van der Waals surface area contributed by atoms with E-state index < -0.39 is 0 Å². The molecule has 0 radical (unpaired) electrons. The van der Waals surface area contributed by atoms with Crippen molar-refractivity contribution in [3.8, 4) is 5.75 Å². The van der Waals surface area contributed by atoms with Crippen LogP contribution in [0, 0.1) is 6.92 Å². The van der Waals surface area contributed by atoms with Crippen LogP contribution in [0.25, 0.3) is 0 Å². The van der Waals surface area contributed by atoms with Gasteiger partial charge in [-0.05, 0) is 18.6 Å². The molecule has 13 heavy (non-hydrogen) atoms. The van der Waals surface area contributed by atoms with Crippen LogP contribution in [0.15, 0.2) is 12.1 Å². The molecule has 3 nitrogen and oxygen atoms in total. The average Bonchev–Trinajstić information content (AvgIpc) is 2.47. The highest BCUT2D eigenvalue weighted by molar-refractivity contribution is 5.60. The molecule has 1 aliphatic heterocycles. The highest BCUT2D eigenvalue weighted by Gasteiger charge is 2.24. The molecule has 0 saturated carbocycles. The van der Waals surface area contributed by atoms with Crippen molar-refractivity contribution in [2.75, 3.05) is 12.3 Å². The molecule has 0 aliphatic carbocycles. The summed E-state index contributed by atoms with van der Waals surface area (Å²) in [5, 5.41) is 8.93. The van der Waals surface area contributed by atoms with Crippen molar-refractivity contribution >= 4 is 5.69 Å². The first-order chi connectivity index (χ1) is 6.20. The first-order valence-electron chi connectivity index (χ1n) is 4.37. The van der Waals surface area contributed by atoms with Gasteiger partial charge in [-0.1, -0.05) is 6.07 Å². The van der Waals surface area contributed by atoms with E-state index in [1.54, 1.807) is 0 Å². The third-order valence-corrected chi connectivity index (χ3v) is 2.27. The summed E-state index contributed by atoms with van der Waals surface area (Å²) in [6.45, 7) is 2.05. The lowest BCUT2D eigenvalue weighted by Crippen LogP contribution is -2.17. The fraction of sp³-hybridized carbons (Fsp3) is 0.400. The van der Waals surface area contributed by atoms with E-state index in [-0.39, 0.29) is 12.7 Å². The molecule has 0 amide bonds. The normalized spacial score (nSPS) is 19.7. The second kappa shape index (κ2) is 2.92. The molecule has 0 bridgehead atoms. The maximum atomic E-state index is 8.93. The smallest absolute Gasteiger partial charge is 0.146 e. The number of anilines is 1. The Balaban J connectivity index is 2.40. The number of aliphatic hydroxyl groups excluding tert-OH is 1. The minimum Gasteiger partial charge on any atom is -0.485 e. The van der Waals surface area contributed by atoms with E-state index in [9.17, 15) is 0 Å². The van der Waals surface area contributed by atoms with Crippen LogP contribution in [0.3, 0.4) is 0 Å². The van der Waals surface area contributed by atoms with Crippen LogP contribution in [0.2, 0.25) is 0 Å². The number of aliphatic hydroxyl groups is 1. The number of benzene rings is 1. The van der Waals surface area contributed by atoms with Crippen LogP contribution in [-0.4, -0.2) is 17.8 Å². The van der Waals surface area contributed by atoms with Gasteiger partial charge in [0.25, 0.3) is 0 Å². The van der Waals surface area contributed by atoms with Gasteiger partial charge in [0, 0.05) is 12.0 Å². The Morgan fingerprint density at radius 2 is 2.38 bits per heavy atom. The summed E-state index contributed by atoms with van der Waals surface area (Å²) in [6.07, 6.45) is 0.650. The summed E-state index contributed by atoms with van der Waals surface area (Å²) in [7, 11) is 0. The van der Waals surface area contributed by atoms with Gasteiger partial charge in [-0.2, -0.15) is 0 Å². The van der Waals surface area contributed by atoms with Crippen molar-refractivity contribution in [3.63, 3.8) is 0 Å². The second-order valence-corrected chi connectivity index (χ2v) is 3.47.